The Balaban J connectivity index is 1.75. The van der Waals surface area contributed by atoms with Crippen LogP contribution in [-0.4, -0.2) is 51.9 Å². The highest BCUT2D eigenvalue weighted by Crippen LogP contribution is 2.15. The number of likely N-dealkylation sites (tertiary alicyclic amines) is 1. The van der Waals surface area contributed by atoms with Crippen molar-refractivity contribution in [3.8, 4) is 0 Å². The number of aromatic nitrogens is 2. The van der Waals surface area contributed by atoms with Gasteiger partial charge in [0.1, 0.15) is 12.1 Å². The van der Waals surface area contributed by atoms with Crippen LogP contribution in [0.3, 0.4) is 0 Å². The number of carbonyl (C=O) groups is 1. The van der Waals surface area contributed by atoms with Gasteiger partial charge in [-0.25, -0.2) is 9.97 Å². The van der Waals surface area contributed by atoms with Crippen LogP contribution in [0.15, 0.2) is 18.6 Å². The quantitative estimate of drug-likeness (QED) is 0.888. The number of nitrogens with zero attached hydrogens (tertiary/aromatic N) is 3. The lowest BCUT2D eigenvalue weighted by molar-refractivity contribution is -0.131. The molecule has 1 N–H and O–H groups in total. The predicted molar refractivity (Wildman–Crippen MR) is 78.3 cm³/mol. The molecule has 0 spiro atoms. The second-order valence-electron chi connectivity index (χ2n) is 4.64. The van der Waals surface area contributed by atoms with Crippen LogP contribution in [0, 0.1) is 0 Å². The molecular weight excluding hydrogens is 260 g/mol. The lowest BCUT2D eigenvalue weighted by Gasteiger charge is -2.32. The van der Waals surface area contributed by atoms with Crippen LogP contribution in [0.2, 0.25) is 0 Å². The Bertz CT molecular complexity index is 393. The van der Waals surface area contributed by atoms with Gasteiger partial charge in [0.2, 0.25) is 5.91 Å². The van der Waals surface area contributed by atoms with Crippen molar-refractivity contribution < 1.29 is 4.79 Å². The van der Waals surface area contributed by atoms with E-state index in [2.05, 4.69) is 15.3 Å². The first-order valence-corrected chi connectivity index (χ1v) is 7.98. The van der Waals surface area contributed by atoms with E-state index in [1.807, 2.05) is 17.2 Å². The predicted octanol–water partition coefficient (Wildman–Crippen LogP) is 1.63. The molecule has 1 aliphatic heterocycles. The van der Waals surface area contributed by atoms with E-state index >= 15 is 0 Å². The van der Waals surface area contributed by atoms with E-state index < -0.39 is 0 Å². The fourth-order valence-electron chi connectivity index (χ4n) is 2.21. The monoisotopic (exact) mass is 280 g/mol. The molecule has 1 fully saturated rings. The number of nitrogens with one attached hydrogen (secondary N) is 1. The van der Waals surface area contributed by atoms with Gasteiger partial charge in [-0.1, -0.05) is 0 Å². The molecule has 1 aliphatic rings. The number of hydrogen-bond acceptors (Lipinski definition) is 5. The molecule has 5 nitrogen and oxygen atoms in total. The summed E-state index contributed by atoms with van der Waals surface area (Å²) in [5.41, 5.74) is 0. The van der Waals surface area contributed by atoms with Crippen LogP contribution in [0.4, 0.5) is 5.82 Å². The number of piperidine rings is 1. The molecule has 1 amide bonds. The SMILES string of the molecule is CSCCC(=O)N1CCC(Nc2ccncn2)CC1. The average molecular weight is 280 g/mol. The normalized spacial score (nSPS) is 16.4. The van der Waals surface area contributed by atoms with E-state index in [1.165, 1.54) is 0 Å². The molecule has 1 aromatic rings. The topological polar surface area (TPSA) is 58.1 Å². The van der Waals surface area contributed by atoms with Gasteiger partial charge in [-0.15, -0.1) is 0 Å². The molecular formula is C13H20N4OS. The Hall–Kier alpha value is -1.30. The van der Waals surface area contributed by atoms with E-state index in [0.717, 1.165) is 37.5 Å². The Morgan fingerprint density at radius 2 is 2.32 bits per heavy atom. The van der Waals surface area contributed by atoms with Gasteiger partial charge in [-0.2, -0.15) is 11.8 Å². The van der Waals surface area contributed by atoms with E-state index in [0.29, 0.717) is 12.5 Å². The van der Waals surface area contributed by atoms with E-state index in [-0.39, 0.29) is 5.91 Å². The summed E-state index contributed by atoms with van der Waals surface area (Å²) in [5, 5.41) is 3.39. The molecule has 0 atom stereocenters. The zero-order valence-corrected chi connectivity index (χ0v) is 12.0. The number of carbonyl (C=O) groups excluding carboxylic acids is 1. The van der Waals surface area contributed by atoms with Gasteiger partial charge < -0.3 is 10.2 Å². The first-order valence-electron chi connectivity index (χ1n) is 6.59. The molecule has 0 aromatic carbocycles. The molecule has 0 radical (unpaired) electrons. The summed E-state index contributed by atoms with van der Waals surface area (Å²) in [4.78, 5) is 21.9. The summed E-state index contributed by atoms with van der Waals surface area (Å²) in [7, 11) is 0. The molecule has 2 heterocycles. The number of rotatable bonds is 5. The minimum atomic E-state index is 0.287. The summed E-state index contributed by atoms with van der Waals surface area (Å²) >= 11 is 1.72. The second-order valence-corrected chi connectivity index (χ2v) is 5.62. The molecule has 6 heteroatoms. The Kier molecular flexibility index (Phi) is 5.44. The first-order chi connectivity index (χ1) is 9.29. The highest BCUT2D eigenvalue weighted by atomic mass is 32.2. The molecule has 0 aliphatic carbocycles. The zero-order valence-electron chi connectivity index (χ0n) is 11.2. The summed E-state index contributed by atoms with van der Waals surface area (Å²) in [6.07, 6.45) is 7.93. The summed E-state index contributed by atoms with van der Waals surface area (Å²) < 4.78 is 0. The van der Waals surface area contributed by atoms with Gasteiger partial charge in [0.25, 0.3) is 0 Å². The summed E-state index contributed by atoms with van der Waals surface area (Å²) in [6, 6.07) is 2.27. The molecule has 1 aromatic heterocycles. The molecule has 0 bridgehead atoms. The third-order valence-electron chi connectivity index (χ3n) is 3.30. The highest BCUT2D eigenvalue weighted by Gasteiger charge is 2.22. The van der Waals surface area contributed by atoms with Crippen LogP contribution >= 0.6 is 11.8 Å². The maximum absolute atomic E-state index is 11.9. The van der Waals surface area contributed by atoms with Crippen LogP contribution in [0.5, 0.6) is 0 Å². The fourth-order valence-corrected chi connectivity index (χ4v) is 2.58. The Morgan fingerprint density at radius 3 is 2.95 bits per heavy atom. The van der Waals surface area contributed by atoms with Crippen LogP contribution in [0.1, 0.15) is 19.3 Å². The minimum Gasteiger partial charge on any atom is -0.367 e. The van der Waals surface area contributed by atoms with E-state index in [9.17, 15) is 4.79 Å². The molecule has 2 rings (SSSR count). The number of hydrogen-bond donors (Lipinski definition) is 1. The third-order valence-corrected chi connectivity index (χ3v) is 3.91. The number of anilines is 1. The van der Waals surface area contributed by atoms with Crippen LogP contribution in [0.25, 0.3) is 0 Å². The van der Waals surface area contributed by atoms with Crippen molar-refractivity contribution in [2.75, 3.05) is 30.4 Å². The Morgan fingerprint density at radius 1 is 1.53 bits per heavy atom. The van der Waals surface area contributed by atoms with Crippen molar-refractivity contribution in [3.63, 3.8) is 0 Å². The van der Waals surface area contributed by atoms with Crippen molar-refractivity contribution >= 4 is 23.5 Å². The van der Waals surface area contributed by atoms with Gasteiger partial charge in [0.15, 0.2) is 0 Å². The molecule has 19 heavy (non-hydrogen) atoms. The van der Waals surface area contributed by atoms with E-state index in [1.54, 1.807) is 24.3 Å². The smallest absolute Gasteiger partial charge is 0.223 e. The van der Waals surface area contributed by atoms with Gasteiger partial charge in [0, 0.05) is 37.5 Å². The first kappa shape index (κ1) is 14.1. The van der Waals surface area contributed by atoms with Crippen molar-refractivity contribution in [1.82, 2.24) is 14.9 Å². The third kappa shape index (κ3) is 4.38. The molecule has 0 saturated carbocycles. The molecule has 0 unspecified atom stereocenters. The van der Waals surface area contributed by atoms with Crippen molar-refractivity contribution in [2.24, 2.45) is 0 Å². The maximum atomic E-state index is 11.9. The van der Waals surface area contributed by atoms with Crippen LogP contribution < -0.4 is 5.32 Å². The lowest BCUT2D eigenvalue weighted by atomic mass is 10.0. The minimum absolute atomic E-state index is 0.287. The lowest BCUT2D eigenvalue weighted by Crippen LogP contribution is -2.42. The molecule has 104 valence electrons. The van der Waals surface area contributed by atoms with Gasteiger partial charge >= 0.3 is 0 Å². The van der Waals surface area contributed by atoms with E-state index in [4.69, 9.17) is 0 Å². The molecule has 1 saturated heterocycles. The average Bonchev–Trinajstić information content (AvgIpc) is 2.46. The van der Waals surface area contributed by atoms with Gasteiger partial charge in [-0.05, 0) is 25.2 Å². The number of thioether (sulfide) groups is 1. The van der Waals surface area contributed by atoms with Gasteiger partial charge in [-0.3, -0.25) is 4.79 Å². The summed E-state index contributed by atoms with van der Waals surface area (Å²) in [6.45, 7) is 1.69. The fraction of sp³-hybridized carbons (Fsp3) is 0.615. The van der Waals surface area contributed by atoms with Gasteiger partial charge in [0.05, 0.1) is 0 Å². The maximum Gasteiger partial charge on any atom is 0.223 e. The zero-order chi connectivity index (χ0) is 13.5. The second kappa shape index (κ2) is 7.33. The van der Waals surface area contributed by atoms with Crippen LogP contribution in [-0.2, 0) is 4.79 Å². The Labute approximate surface area is 118 Å². The van der Waals surface area contributed by atoms with Crippen molar-refractivity contribution in [2.45, 2.75) is 25.3 Å². The number of amides is 1. The largest absolute Gasteiger partial charge is 0.367 e. The van der Waals surface area contributed by atoms with Crippen molar-refractivity contribution in [3.05, 3.63) is 18.6 Å². The summed E-state index contributed by atoms with van der Waals surface area (Å²) in [5.74, 6) is 2.06. The standard InChI is InChI=1S/C13H20N4OS/c1-19-9-5-13(18)17-7-3-11(4-8-17)16-12-2-6-14-10-15-12/h2,6,10-11H,3-5,7-9H2,1H3,(H,14,15,16). The highest BCUT2D eigenvalue weighted by molar-refractivity contribution is 7.98. The van der Waals surface area contributed by atoms with Crippen molar-refractivity contribution in [1.29, 1.82) is 0 Å².